The van der Waals surface area contributed by atoms with Gasteiger partial charge in [0.1, 0.15) is 5.52 Å². The summed E-state index contributed by atoms with van der Waals surface area (Å²) in [5, 5.41) is 2.10. The van der Waals surface area contributed by atoms with Crippen LogP contribution in [0.3, 0.4) is 0 Å². The first-order valence-electron chi connectivity index (χ1n) is 4.62. The molecule has 0 aliphatic carbocycles. The highest BCUT2D eigenvalue weighted by Gasteiger charge is 2.07. The third-order valence-electron chi connectivity index (χ3n) is 2.40. The molecular formula is C12H7NO2. The van der Waals surface area contributed by atoms with Crippen LogP contribution in [0.15, 0.2) is 40.8 Å². The van der Waals surface area contributed by atoms with Crippen molar-refractivity contribution in [3.63, 3.8) is 0 Å². The van der Waals surface area contributed by atoms with E-state index in [-0.39, 0.29) is 5.89 Å². The van der Waals surface area contributed by atoms with Gasteiger partial charge in [-0.05, 0) is 11.5 Å². The van der Waals surface area contributed by atoms with Gasteiger partial charge in [-0.3, -0.25) is 4.79 Å². The molecule has 0 unspecified atom stereocenters. The van der Waals surface area contributed by atoms with Gasteiger partial charge < -0.3 is 4.42 Å². The molecule has 1 heterocycles. The van der Waals surface area contributed by atoms with Crippen molar-refractivity contribution in [1.29, 1.82) is 0 Å². The summed E-state index contributed by atoms with van der Waals surface area (Å²) in [5.41, 5.74) is 1.39. The predicted octanol–water partition coefficient (Wildman–Crippen LogP) is 2.79. The fourth-order valence-corrected chi connectivity index (χ4v) is 1.73. The molecule has 3 rings (SSSR count). The molecule has 0 atom stereocenters. The lowest BCUT2D eigenvalue weighted by atomic mass is 10.1. The van der Waals surface area contributed by atoms with Gasteiger partial charge in [0.25, 0.3) is 5.89 Å². The van der Waals surface area contributed by atoms with Gasteiger partial charge in [0.15, 0.2) is 5.58 Å². The Hall–Kier alpha value is -2.16. The van der Waals surface area contributed by atoms with E-state index >= 15 is 0 Å². The molecule has 0 amide bonds. The van der Waals surface area contributed by atoms with Crippen molar-refractivity contribution < 1.29 is 9.21 Å². The third kappa shape index (κ3) is 1.13. The summed E-state index contributed by atoms with van der Waals surface area (Å²) in [7, 11) is 0. The lowest BCUT2D eigenvalue weighted by molar-refractivity contribution is 0.109. The van der Waals surface area contributed by atoms with Crippen molar-refractivity contribution in [2.24, 2.45) is 0 Å². The highest BCUT2D eigenvalue weighted by molar-refractivity contribution is 6.03. The van der Waals surface area contributed by atoms with Crippen LogP contribution >= 0.6 is 0 Å². The zero-order valence-electron chi connectivity index (χ0n) is 7.81. The lowest BCUT2D eigenvalue weighted by Crippen LogP contribution is -1.77. The quantitative estimate of drug-likeness (QED) is 0.563. The van der Waals surface area contributed by atoms with Crippen molar-refractivity contribution in [2.75, 3.05) is 0 Å². The first-order chi connectivity index (χ1) is 7.38. The molecule has 15 heavy (non-hydrogen) atoms. The van der Waals surface area contributed by atoms with Crippen LogP contribution < -0.4 is 0 Å². The van der Waals surface area contributed by atoms with Crippen LogP contribution in [0.25, 0.3) is 21.9 Å². The Bertz CT molecular complexity index is 655. The largest absolute Gasteiger partial charge is 0.434 e. The van der Waals surface area contributed by atoms with E-state index in [0.717, 1.165) is 16.3 Å². The SMILES string of the molecule is O=Cc1nc2c(ccc3ccccc32)o1. The van der Waals surface area contributed by atoms with Crippen molar-refractivity contribution in [3.05, 3.63) is 42.3 Å². The number of fused-ring (bicyclic) bond motifs is 3. The van der Waals surface area contributed by atoms with Gasteiger partial charge in [-0.25, -0.2) is 4.98 Å². The van der Waals surface area contributed by atoms with Gasteiger partial charge in [-0.15, -0.1) is 0 Å². The minimum Gasteiger partial charge on any atom is -0.434 e. The van der Waals surface area contributed by atoms with E-state index in [0.29, 0.717) is 11.9 Å². The molecule has 2 aromatic carbocycles. The van der Waals surface area contributed by atoms with Crippen LogP contribution in [0.2, 0.25) is 0 Å². The van der Waals surface area contributed by atoms with Gasteiger partial charge in [0, 0.05) is 5.39 Å². The predicted molar refractivity (Wildman–Crippen MR) is 56.9 cm³/mol. The highest BCUT2D eigenvalue weighted by Crippen LogP contribution is 2.24. The maximum absolute atomic E-state index is 10.6. The summed E-state index contributed by atoms with van der Waals surface area (Å²) in [6.07, 6.45) is 0.620. The van der Waals surface area contributed by atoms with Gasteiger partial charge in [-0.2, -0.15) is 0 Å². The fraction of sp³-hybridized carbons (Fsp3) is 0. The Balaban J connectivity index is 2.52. The topological polar surface area (TPSA) is 43.1 Å². The number of hydrogen-bond acceptors (Lipinski definition) is 3. The Morgan fingerprint density at radius 1 is 1.13 bits per heavy atom. The minimum atomic E-state index is 0.126. The number of carbonyl (C=O) groups is 1. The van der Waals surface area contributed by atoms with Gasteiger partial charge in [-0.1, -0.05) is 30.3 Å². The standard InChI is InChI=1S/C12H7NO2/c14-7-11-13-12-9-4-2-1-3-8(9)5-6-10(12)15-11/h1-7H. The van der Waals surface area contributed by atoms with Gasteiger partial charge in [0.2, 0.25) is 6.29 Å². The van der Waals surface area contributed by atoms with E-state index in [1.807, 2.05) is 36.4 Å². The zero-order chi connectivity index (χ0) is 10.3. The average Bonchev–Trinajstić information content (AvgIpc) is 2.72. The highest BCUT2D eigenvalue weighted by atomic mass is 16.4. The number of aldehydes is 1. The molecule has 3 nitrogen and oxygen atoms in total. The molecule has 3 heteroatoms. The van der Waals surface area contributed by atoms with Crippen molar-refractivity contribution in [1.82, 2.24) is 4.98 Å². The van der Waals surface area contributed by atoms with E-state index in [2.05, 4.69) is 4.98 Å². The van der Waals surface area contributed by atoms with E-state index in [1.54, 1.807) is 0 Å². The first kappa shape index (κ1) is 8.17. The summed E-state index contributed by atoms with van der Waals surface area (Å²) in [6, 6.07) is 11.7. The molecule has 0 radical (unpaired) electrons. The molecule has 0 aliphatic heterocycles. The van der Waals surface area contributed by atoms with E-state index in [4.69, 9.17) is 4.42 Å². The fourth-order valence-electron chi connectivity index (χ4n) is 1.73. The Morgan fingerprint density at radius 2 is 2.00 bits per heavy atom. The summed E-state index contributed by atoms with van der Waals surface area (Å²) in [6.45, 7) is 0. The second-order valence-corrected chi connectivity index (χ2v) is 3.30. The molecule has 1 aromatic heterocycles. The van der Waals surface area contributed by atoms with Crippen molar-refractivity contribution in [2.45, 2.75) is 0 Å². The van der Waals surface area contributed by atoms with Crippen LogP contribution in [0.4, 0.5) is 0 Å². The van der Waals surface area contributed by atoms with E-state index < -0.39 is 0 Å². The second-order valence-electron chi connectivity index (χ2n) is 3.30. The zero-order valence-corrected chi connectivity index (χ0v) is 7.81. The average molecular weight is 197 g/mol. The molecule has 0 bridgehead atoms. The molecule has 0 spiro atoms. The lowest BCUT2D eigenvalue weighted by Gasteiger charge is -1.95. The van der Waals surface area contributed by atoms with E-state index in [1.165, 1.54) is 0 Å². The van der Waals surface area contributed by atoms with Crippen LogP contribution in [0.1, 0.15) is 10.7 Å². The molecule has 3 aromatic rings. The number of nitrogens with zero attached hydrogens (tertiary/aromatic N) is 1. The van der Waals surface area contributed by atoms with Crippen molar-refractivity contribution >= 4 is 28.2 Å². The molecule has 0 N–H and O–H groups in total. The summed E-state index contributed by atoms with van der Waals surface area (Å²) >= 11 is 0. The Kier molecular flexibility index (Phi) is 1.59. The first-order valence-corrected chi connectivity index (χ1v) is 4.62. The maximum atomic E-state index is 10.6. The van der Waals surface area contributed by atoms with Crippen LogP contribution in [0.5, 0.6) is 0 Å². The second kappa shape index (κ2) is 2.92. The molecule has 0 aliphatic rings. The number of aromatic nitrogens is 1. The van der Waals surface area contributed by atoms with Crippen LogP contribution in [-0.2, 0) is 0 Å². The summed E-state index contributed by atoms with van der Waals surface area (Å²) in [4.78, 5) is 14.7. The maximum Gasteiger partial charge on any atom is 0.260 e. The molecule has 72 valence electrons. The number of benzene rings is 2. The normalized spacial score (nSPS) is 10.9. The molecule has 0 fully saturated rings. The summed E-state index contributed by atoms with van der Waals surface area (Å²) in [5.74, 6) is 0.126. The monoisotopic (exact) mass is 197 g/mol. The van der Waals surface area contributed by atoms with E-state index in [9.17, 15) is 4.79 Å². The summed E-state index contributed by atoms with van der Waals surface area (Å²) < 4.78 is 5.25. The molecule has 0 saturated heterocycles. The number of carbonyl (C=O) groups excluding carboxylic acids is 1. The van der Waals surface area contributed by atoms with Crippen molar-refractivity contribution in [3.8, 4) is 0 Å². The number of oxazole rings is 1. The smallest absolute Gasteiger partial charge is 0.260 e. The molecule has 0 saturated carbocycles. The number of rotatable bonds is 1. The van der Waals surface area contributed by atoms with Gasteiger partial charge >= 0.3 is 0 Å². The Labute approximate surface area is 85.3 Å². The minimum absolute atomic E-state index is 0.126. The van der Waals surface area contributed by atoms with Crippen LogP contribution in [-0.4, -0.2) is 11.3 Å². The van der Waals surface area contributed by atoms with Gasteiger partial charge in [0.05, 0.1) is 0 Å². The van der Waals surface area contributed by atoms with Crippen LogP contribution in [0, 0.1) is 0 Å². The number of hydrogen-bond donors (Lipinski definition) is 0. The Morgan fingerprint density at radius 3 is 2.87 bits per heavy atom. The molecular weight excluding hydrogens is 190 g/mol. The third-order valence-corrected chi connectivity index (χ3v) is 2.40.